The summed E-state index contributed by atoms with van der Waals surface area (Å²) >= 11 is 0. The molecule has 1 heterocycles. The summed E-state index contributed by atoms with van der Waals surface area (Å²) in [6.07, 6.45) is 0.952. The third kappa shape index (κ3) is 3.11. The number of piperazine rings is 1. The number of carbonyl (C=O) groups excluding carboxylic acids is 2. The van der Waals surface area contributed by atoms with E-state index in [1.807, 2.05) is 29.2 Å². The number of rotatable bonds is 4. The minimum atomic E-state index is -0.406. The predicted octanol–water partition coefficient (Wildman–Crippen LogP) is 1.97. The molecule has 1 aliphatic rings. The molecular formula is C17H21N3O2. The molecule has 2 amide bonds. The summed E-state index contributed by atoms with van der Waals surface area (Å²) in [5, 5.41) is 8.87. The fourth-order valence-electron chi connectivity index (χ4n) is 2.59. The van der Waals surface area contributed by atoms with Crippen LogP contribution in [0, 0.1) is 17.2 Å². The Morgan fingerprint density at radius 3 is 2.50 bits per heavy atom. The summed E-state index contributed by atoms with van der Waals surface area (Å²) in [7, 11) is 0. The lowest BCUT2D eigenvalue weighted by Crippen LogP contribution is -2.59. The molecule has 0 bridgehead atoms. The summed E-state index contributed by atoms with van der Waals surface area (Å²) in [6.45, 7) is 5.92. The molecule has 5 heteroatoms. The average Bonchev–Trinajstić information content (AvgIpc) is 2.54. The van der Waals surface area contributed by atoms with Crippen LogP contribution in [0.25, 0.3) is 0 Å². The highest BCUT2D eigenvalue weighted by molar-refractivity contribution is 6.04. The summed E-state index contributed by atoms with van der Waals surface area (Å²) in [4.78, 5) is 27.7. The van der Waals surface area contributed by atoms with Crippen molar-refractivity contribution in [1.82, 2.24) is 4.90 Å². The monoisotopic (exact) mass is 299 g/mol. The van der Waals surface area contributed by atoms with Gasteiger partial charge in [0.2, 0.25) is 5.91 Å². The van der Waals surface area contributed by atoms with Gasteiger partial charge in [0.15, 0.2) is 0 Å². The maximum Gasteiger partial charge on any atom is 0.251 e. The van der Waals surface area contributed by atoms with Crippen LogP contribution in [0.3, 0.4) is 0 Å². The van der Waals surface area contributed by atoms with E-state index in [4.69, 9.17) is 5.26 Å². The van der Waals surface area contributed by atoms with Crippen molar-refractivity contribution in [1.29, 1.82) is 5.26 Å². The molecule has 0 aromatic heterocycles. The number of nitrogens with zero attached hydrogens (tertiary/aromatic N) is 3. The van der Waals surface area contributed by atoms with Crippen LogP contribution >= 0.6 is 0 Å². The fraction of sp³-hybridized carbons (Fsp3) is 0.471. The number of hydrogen-bond donors (Lipinski definition) is 0. The first-order valence-corrected chi connectivity index (χ1v) is 7.57. The second kappa shape index (κ2) is 6.61. The number of nitriles is 1. The standard InChI is InChI=1S/C17H21N3O2/c1-4-14-5-7-15(8-6-14)19-11-16(21)20(10-12(2)9-18)17(22)13(19)3/h5-8,12-13H,4,10-11H2,1-3H3. The van der Waals surface area contributed by atoms with Gasteiger partial charge in [-0.2, -0.15) is 5.26 Å². The van der Waals surface area contributed by atoms with Crippen LogP contribution in [0.5, 0.6) is 0 Å². The Labute approximate surface area is 131 Å². The molecule has 0 aliphatic carbocycles. The highest BCUT2D eigenvalue weighted by atomic mass is 16.2. The number of anilines is 1. The zero-order valence-corrected chi connectivity index (χ0v) is 13.2. The van der Waals surface area contributed by atoms with E-state index in [2.05, 4.69) is 13.0 Å². The number of aryl methyl sites for hydroxylation is 1. The van der Waals surface area contributed by atoms with Gasteiger partial charge < -0.3 is 4.90 Å². The van der Waals surface area contributed by atoms with E-state index in [1.165, 1.54) is 10.5 Å². The Morgan fingerprint density at radius 2 is 1.95 bits per heavy atom. The van der Waals surface area contributed by atoms with Gasteiger partial charge in [0.1, 0.15) is 6.04 Å². The van der Waals surface area contributed by atoms with Crippen LogP contribution in [-0.2, 0) is 16.0 Å². The summed E-state index contributed by atoms with van der Waals surface area (Å²) in [6, 6.07) is 9.58. The highest BCUT2D eigenvalue weighted by Gasteiger charge is 2.37. The third-order valence-corrected chi connectivity index (χ3v) is 4.05. The zero-order valence-electron chi connectivity index (χ0n) is 13.2. The largest absolute Gasteiger partial charge is 0.350 e. The molecule has 0 spiro atoms. The Balaban J connectivity index is 2.19. The lowest BCUT2D eigenvalue weighted by atomic mass is 10.1. The molecule has 2 atom stereocenters. The van der Waals surface area contributed by atoms with E-state index in [0.29, 0.717) is 0 Å². The van der Waals surface area contributed by atoms with E-state index < -0.39 is 6.04 Å². The number of hydrogen-bond acceptors (Lipinski definition) is 4. The number of amides is 2. The molecule has 1 fully saturated rings. The molecule has 5 nitrogen and oxygen atoms in total. The lowest BCUT2D eigenvalue weighted by Gasteiger charge is -2.39. The van der Waals surface area contributed by atoms with Crippen LogP contribution in [0.4, 0.5) is 5.69 Å². The van der Waals surface area contributed by atoms with Gasteiger partial charge in [0, 0.05) is 12.2 Å². The van der Waals surface area contributed by atoms with Crippen LogP contribution < -0.4 is 4.90 Å². The van der Waals surface area contributed by atoms with Gasteiger partial charge in [0.25, 0.3) is 5.91 Å². The van der Waals surface area contributed by atoms with Crippen LogP contribution in [0.2, 0.25) is 0 Å². The number of imide groups is 1. The average molecular weight is 299 g/mol. The maximum atomic E-state index is 12.4. The minimum absolute atomic E-state index is 0.163. The fourth-order valence-corrected chi connectivity index (χ4v) is 2.59. The molecule has 116 valence electrons. The molecule has 1 saturated heterocycles. The third-order valence-electron chi connectivity index (χ3n) is 4.05. The Kier molecular flexibility index (Phi) is 4.81. The van der Waals surface area contributed by atoms with Gasteiger partial charge in [-0.1, -0.05) is 19.1 Å². The summed E-state index contributed by atoms with van der Waals surface area (Å²) < 4.78 is 0. The first-order chi connectivity index (χ1) is 10.5. The Bertz CT molecular complexity index is 603. The number of carbonyl (C=O) groups is 2. The first-order valence-electron chi connectivity index (χ1n) is 7.57. The topological polar surface area (TPSA) is 64.4 Å². The van der Waals surface area contributed by atoms with E-state index in [1.54, 1.807) is 13.8 Å². The van der Waals surface area contributed by atoms with Gasteiger partial charge in [0.05, 0.1) is 18.5 Å². The molecule has 2 unspecified atom stereocenters. The van der Waals surface area contributed by atoms with Gasteiger partial charge >= 0.3 is 0 Å². The predicted molar refractivity (Wildman–Crippen MR) is 84.1 cm³/mol. The highest BCUT2D eigenvalue weighted by Crippen LogP contribution is 2.23. The van der Waals surface area contributed by atoms with E-state index in [-0.39, 0.29) is 30.8 Å². The number of benzene rings is 1. The summed E-state index contributed by atoms with van der Waals surface area (Å²) in [5.41, 5.74) is 2.09. The molecule has 0 N–H and O–H groups in total. The van der Waals surface area contributed by atoms with Crippen molar-refractivity contribution in [3.63, 3.8) is 0 Å². The Morgan fingerprint density at radius 1 is 1.32 bits per heavy atom. The first kappa shape index (κ1) is 16.0. The van der Waals surface area contributed by atoms with Crippen molar-refractivity contribution in [3.05, 3.63) is 29.8 Å². The van der Waals surface area contributed by atoms with Gasteiger partial charge in [-0.25, -0.2) is 0 Å². The summed E-state index contributed by atoms with van der Waals surface area (Å²) in [5.74, 6) is -0.835. The zero-order chi connectivity index (χ0) is 16.3. The minimum Gasteiger partial charge on any atom is -0.350 e. The maximum absolute atomic E-state index is 12.4. The van der Waals surface area contributed by atoms with Gasteiger partial charge in [-0.05, 0) is 38.0 Å². The molecule has 22 heavy (non-hydrogen) atoms. The van der Waals surface area contributed by atoms with Crippen molar-refractivity contribution in [2.45, 2.75) is 33.2 Å². The normalized spacial score (nSPS) is 20.0. The Hall–Kier alpha value is -2.35. The van der Waals surface area contributed by atoms with E-state index in [0.717, 1.165) is 12.1 Å². The van der Waals surface area contributed by atoms with Crippen LogP contribution in [0.15, 0.2) is 24.3 Å². The quantitative estimate of drug-likeness (QED) is 0.797. The van der Waals surface area contributed by atoms with Gasteiger partial charge in [-0.15, -0.1) is 0 Å². The molecule has 1 aliphatic heterocycles. The van der Waals surface area contributed by atoms with Crippen molar-refractivity contribution >= 4 is 17.5 Å². The van der Waals surface area contributed by atoms with E-state index >= 15 is 0 Å². The molecule has 1 aromatic carbocycles. The SMILES string of the molecule is CCc1ccc(N2CC(=O)N(CC(C)C#N)C(=O)C2C)cc1. The van der Waals surface area contributed by atoms with Crippen molar-refractivity contribution in [2.75, 3.05) is 18.0 Å². The second-order valence-electron chi connectivity index (χ2n) is 5.70. The van der Waals surface area contributed by atoms with Crippen LogP contribution in [-0.4, -0.2) is 35.8 Å². The van der Waals surface area contributed by atoms with Crippen LogP contribution in [0.1, 0.15) is 26.3 Å². The van der Waals surface area contributed by atoms with Gasteiger partial charge in [-0.3, -0.25) is 14.5 Å². The lowest BCUT2D eigenvalue weighted by molar-refractivity contribution is -0.147. The van der Waals surface area contributed by atoms with E-state index in [9.17, 15) is 9.59 Å². The van der Waals surface area contributed by atoms with Crippen molar-refractivity contribution < 1.29 is 9.59 Å². The molecular weight excluding hydrogens is 278 g/mol. The van der Waals surface area contributed by atoms with Crippen molar-refractivity contribution in [3.8, 4) is 6.07 Å². The molecule has 0 radical (unpaired) electrons. The second-order valence-corrected chi connectivity index (χ2v) is 5.70. The van der Waals surface area contributed by atoms with Crippen molar-refractivity contribution in [2.24, 2.45) is 5.92 Å². The molecule has 0 saturated carbocycles. The smallest absolute Gasteiger partial charge is 0.251 e. The molecule has 2 rings (SSSR count). The molecule has 1 aromatic rings.